The van der Waals surface area contributed by atoms with Gasteiger partial charge in [0.25, 0.3) is 5.91 Å². The number of amides is 1. The number of tetrazole rings is 1. The van der Waals surface area contributed by atoms with Gasteiger partial charge in [-0.1, -0.05) is 12.1 Å². The van der Waals surface area contributed by atoms with Gasteiger partial charge >= 0.3 is 0 Å². The van der Waals surface area contributed by atoms with E-state index in [0.29, 0.717) is 21.7 Å². The summed E-state index contributed by atoms with van der Waals surface area (Å²) in [5.74, 6) is 0.370. The Labute approximate surface area is 128 Å². The van der Waals surface area contributed by atoms with E-state index in [1.165, 1.54) is 6.26 Å². The maximum atomic E-state index is 12.1. The Balaban J connectivity index is 1.84. The summed E-state index contributed by atoms with van der Waals surface area (Å²) in [7, 11) is 1.75. The number of nitrogens with zero attached hydrogens (tertiary/aromatic N) is 4. The molecule has 106 valence electrons. The third kappa shape index (κ3) is 2.84. The average molecular weight is 348 g/mol. The van der Waals surface area contributed by atoms with E-state index in [0.717, 1.165) is 5.56 Å². The van der Waals surface area contributed by atoms with Crippen molar-refractivity contribution in [3.8, 4) is 11.4 Å². The summed E-state index contributed by atoms with van der Waals surface area (Å²) in [6.45, 7) is 0. The van der Waals surface area contributed by atoms with E-state index in [2.05, 4.69) is 36.8 Å². The van der Waals surface area contributed by atoms with Gasteiger partial charge in [0.1, 0.15) is 6.26 Å². The normalized spacial score (nSPS) is 10.6. The van der Waals surface area contributed by atoms with E-state index in [9.17, 15) is 4.79 Å². The number of benzene rings is 1. The Hall–Kier alpha value is -2.48. The summed E-state index contributed by atoms with van der Waals surface area (Å²) in [6, 6.07) is 8.89. The fourth-order valence-electron chi connectivity index (χ4n) is 1.84. The van der Waals surface area contributed by atoms with Crippen molar-refractivity contribution in [2.45, 2.75) is 0 Å². The molecule has 1 amide bonds. The minimum Gasteiger partial charge on any atom is -0.457 e. The van der Waals surface area contributed by atoms with Crippen LogP contribution in [-0.4, -0.2) is 26.1 Å². The standard InChI is InChI=1S/C13H10BrN5O2/c1-19-12(16-17-18-19)8-3-2-4-10(5-8)15-13(20)9-6-11(14)21-7-9/h2-7H,1H3,(H,15,20). The van der Waals surface area contributed by atoms with Crippen LogP contribution in [0.25, 0.3) is 11.4 Å². The van der Waals surface area contributed by atoms with Gasteiger partial charge in [0.15, 0.2) is 10.5 Å². The van der Waals surface area contributed by atoms with Crippen molar-refractivity contribution >= 4 is 27.5 Å². The molecule has 1 N–H and O–H groups in total. The highest BCUT2D eigenvalue weighted by molar-refractivity contribution is 9.10. The van der Waals surface area contributed by atoms with E-state index in [-0.39, 0.29) is 5.91 Å². The van der Waals surface area contributed by atoms with Gasteiger partial charge in [-0.2, -0.15) is 0 Å². The lowest BCUT2D eigenvalue weighted by Crippen LogP contribution is -2.10. The van der Waals surface area contributed by atoms with Gasteiger partial charge in [-0.15, -0.1) is 5.10 Å². The second kappa shape index (κ2) is 5.49. The number of aryl methyl sites for hydroxylation is 1. The minimum atomic E-state index is -0.252. The van der Waals surface area contributed by atoms with Crippen molar-refractivity contribution in [2.75, 3.05) is 5.32 Å². The molecule has 0 aliphatic heterocycles. The molecular weight excluding hydrogens is 338 g/mol. The molecule has 0 unspecified atom stereocenters. The Kier molecular flexibility index (Phi) is 3.53. The fourth-order valence-corrected chi connectivity index (χ4v) is 2.18. The Morgan fingerprint density at radius 3 is 2.90 bits per heavy atom. The van der Waals surface area contributed by atoms with Crippen LogP contribution in [0.4, 0.5) is 5.69 Å². The van der Waals surface area contributed by atoms with E-state index < -0.39 is 0 Å². The van der Waals surface area contributed by atoms with Crippen LogP contribution in [0.5, 0.6) is 0 Å². The molecule has 2 aromatic heterocycles. The summed E-state index contributed by atoms with van der Waals surface area (Å²) in [5.41, 5.74) is 1.90. The summed E-state index contributed by atoms with van der Waals surface area (Å²) in [5, 5.41) is 14.1. The number of aromatic nitrogens is 4. The lowest BCUT2D eigenvalue weighted by molar-refractivity contribution is 0.102. The van der Waals surface area contributed by atoms with Crippen molar-refractivity contribution in [1.82, 2.24) is 20.2 Å². The van der Waals surface area contributed by atoms with Crippen molar-refractivity contribution in [2.24, 2.45) is 7.05 Å². The van der Waals surface area contributed by atoms with Crippen LogP contribution in [0.1, 0.15) is 10.4 Å². The summed E-state index contributed by atoms with van der Waals surface area (Å²) in [6.07, 6.45) is 1.38. The average Bonchev–Trinajstić information content (AvgIpc) is 3.08. The first kappa shape index (κ1) is 13.5. The second-order valence-electron chi connectivity index (χ2n) is 4.30. The van der Waals surface area contributed by atoms with Crippen LogP contribution >= 0.6 is 15.9 Å². The molecule has 0 radical (unpaired) electrons. The first-order valence-electron chi connectivity index (χ1n) is 6.01. The SMILES string of the molecule is Cn1nnnc1-c1cccc(NC(=O)c2coc(Br)c2)c1. The number of carbonyl (C=O) groups is 1. The van der Waals surface area contributed by atoms with Gasteiger partial charge in [-0.05, 0) is 38.5 Å². The Morgan fingerprint density at radius 1 is 1.38 bits per heavy atom. The molecule has 21 heavy (non-hydrogen) atoms. The number of carbonyl (C=O) groups excluding carboxylic acids is 1. The highest BCUT2D eigenvalue weighted by Crippen LogP contribution is 2.21. The molecule has 0 fully saturated rings. The van der Waals surface area contributed by atoms with E-state index >= 15 is 0 Å². The summed E-state index contributed by atoms with van der Waals surface area (Å²) < 4.78 is 7.12. The van der Waals surface area contributed by atoms with E-state index in [1.54, 1.807) is 29.9 Å². The number of hydrogen-bond donors (Lipinski definition) is 1. The van der Waals surface area contributed by atoms with Crippen molar-refractivity contribution < 1.29 is 9.21 Å². The summed E-state index contributed by atoms with van der Waals surface area (Å²) in [4.78, 5) is 12.1. The molecule has 3 rings (SSSR count). The first-order chi connectivity index (χ1) is 10.1. The maximum Gasteiger partial charge on any atom is 0.258 e. The van der Waals surface area contributed by atoms with Gasteiger partial charge in [-0.25, -0.2) is 4.68 Å². The molecule has 0 saturated heterocycles. The number of nitrogens with one attached hydrogen (secondary N) is 1. The van der Waals surface area contributed by atoms with Gasteiger partial charge in [-0.3, -0.25) is 4.79 Å². The van der Waals surface area contributed by atoms with Gasteiger partial charge in [0.2, 0.25) is 0 Å². The number of halogens is 1. The summed E-state index contributed by atoms with van der Waals surface area (Å²) >= 11 is 3.16. The smallest absolute Gasteiger partial charge is 0.258 e. The third-order valence-electron chi connectivity index (χ3n) is 2.83. The quantitative estimate of drug-likeness (QED) is 0.786. The molecular formula is C13H10BrN5O2. The van der Waals surface area contributed by atoms with Gasteiger partial charge in [0, 0.05) is 24.4 Å². The molecule has 8 heteroatoms. The lowest BCUT2D eigenvalue weighted by Gasteiger charge is -2.05. The lowest BCUT2D eigenvalue weighted by atomic mass is 10.2. The molecule has 2 heterocycles. The molecule has 0 aliphatic rings. The predicted molar refractivity (Wildman–Crippen MR) is 78.6 cm³/mol. The first-order valence-corrected chi connectivity index (χ1v) is 6.81. The molecule has 0 spiro atoms. The molecule has 0 saturated carbocycles. The number of furan rings is 1. The Morgan fingerprint density at radius 2 is 2.24 bits per heavy atom. The molecule has 7 nitrogen and oxygen atoms in total. The topological polar surface area (TPSA) is 85.8 Å². The zero-order chi connectivity index (χ0) is 14.8. The number of anilines is 1. The zero-order valence-electron chi connectivity index (χ0n) is 10.9. The van der Waals surface area contributed by atoms with E-state index in [1.807, 2.05) is 12.1 Å². The number of hydrogen-bond acceptors (Lipinski definition) is 5. The second-order valence-corrected chi connectivity index (χ2v) is 5.08. The Bertz CT molecular complexity index is 795. The van der Waals surface area contributed by atoms with Crippen LogP contribution in [0.15, 0.2) is 45.7 Å². The van der Waals surface area contributed by atoms with E-state index in [4.69, 9.17) is 4.42 Å². The molecule has 0 aliphatic carbocycles. The van der Waals surface area contributed by atoms with Crippen molar-refractivity contribution in [3.05, 3.63) is 46.8 Å². The highest BCUT2D eigenvalue weighted by Gasteiger charge is 2.11. The third-order valence-corrected chi connectivity index (χ3v) is 3.24. The zero-order valence-corrected chi connectivity index (χ0v) is 12.5. The fraction of sp³-hybridized carbons (Fsp3) is 0.0769. The largest absolute Gasteiger partial charge is 0.457 e. The van der Waals surface area contributed by atoms with Gasteiger partial charge < -0.3 is 9.73 Å². The van der Waals surface area contributed by atoms with Crippen LogP contribution in [-0.2, 0) is 7.05 Å². The van der Waals surface area contributed by atoms with Gasteiger partial charge in [0.05, 0.1) is 5.56 Å². The molecule has 3 aromatic rings. The minimum absolute atomic E-state index is 0.252. The molecule has 0 atom stereocenters. The highest BCUT2D eigenvalue weighted by atomic mass is 79.9. The van der Waals surface area contributed by atoms with Crippen LogP contribution in [0.3, 0.4) is 0 Å². The maximum absolute atomic E-state index is 12.1. The monoisotopic (exact) mass is 347 g/mol. The van der Waals surface area contributed by atoms with Crippen LogP contribution < -0.4 is 5.32 Å². The molecule has 1 aromatic carbocycles. The predicted octanol–water partition coefficient (Wildman–Crippen LogP) is 2.48. The van der Waals surface area contributed by atoms with Crippen molar-refractivity contribution in [3.63, 3.8) is 0 Å². The van der Waals surface area contributed by atoms with Crippen molar-refractivity contribution in [1.29, 1.82) is 0 Å². The van der Waals surface area contributed by atoms with Crippen LogP contribution in [0.2, 0.25) is 0 Å². The van der Waals surface area contributed by atoms with Crippen LogP contribution in [0, 0.1) is 0 Å². The number of rotatable bonds is 3. The molecule has 0 bridgehead atoms.